The number of rotatable bonds is 8. The average Bonchev–Trinajstić information content (AvgIpc) is 1.55. The van der Waals surface area contributed by atoms with Gasteiger partial charge in [-0.3, -0.25) is 4.57 Å². The Morgan fingerprint density at radius 2 is 0.823 bits per heavy atom. The van der Waals surface area contributed by atoms with Gasteiger partial charge in [-0.05, 0) is 94.6 Å². The Balaban J connectivity index is 0.000000242. The molecule has 0 fully saturated rings. The first-order valence-electron chi connectivity index (χ1n) is 31.3. The summed E-state index contributed by atoms with van der Waals surface area (Å²) in [5, 5.41) is 17.6. The van der Waals surface area contributed by atoms with Gasteiger partial charge in [0, 0.05) is 62.2 Å². The fourth-order valence-electron chi connectivity index (χ4n) is 12.5. The zero-order valence-electron chi connectivity index (χ0n) is 51.1. The van der Waals surface area contributed by atoms with E-state index in [9.17, 15) is 0 Å². The van der Waals surface area contributed by atoms with Gasteiger partial charge < -0.3 is 14.5 Å². The van der Waals surface area contributed by atoms with Crippen LogP contribution in [0.1, 0.15) is 45.3 Å². The van der Waals surface area contributed by atoms with Crippen molar-refractivity contribution < 1.29 is 0 Å². The van der Waals surface area contributed by atoms with Gasteiger partial charge in [-0.25, -0.2) is 29.9 Å². The molecule has 0 radical (unpaired) electrons. The van der Waals surface area contributed by atoms with Crippen LogP contribution in [0.5, 0.6) is 0 Å². The second-order valence-corrected chi connectivity index (χ2v) is 22.9. The minimum absolute atomic E-state index is 0.250. The number of aromatic nitrogens is 14. The SMILES string of the molecule is C1=C(c2ccccc2)c2nc1cc1nnc(nc3nc(c(-c4ccccc4)c4c(-c5ccccc5)c(-c5ccccc5)c(c2-c2ccccc2)n4-c2ccccc2)C(c2ccccc2)=N3)n1-c1ccccc1.C1=Cc2cc3nnc(nc4nc(cc5ccc(cc1n2)[nH]5)C=N4)[nH]3. The highest BCUT2D eigenvalue weighted by atomic mass is 15.3. The van der Waals surface area contributed by atoms with Crippen LogP contribution < -0.4 is 0 Å². The van der Waals surface area contributed by atoms with Crippen LogP contribution in [0.3, 0.4) is 0 Å². The first-order chi connectivity index (χ1) is 47.5. The number of aromatic amines is 2. The molecule has 16 nitrogen and oxygen atoms in total. The quantitative estimate of drug-likeness (QED) is 0.148. The molecule has 0 atom stereocenters. The summed E-state index contributed by atoms with van der Waals surface area (Å²) in [6, 6.07) is 95.9. The van der Waals surface area contributed by atoms with Crippen LogP contribution in [-0.2, 0) is 0 Å². The van der Waals surface area contributed by atoms with Crippen LogP contribution in [0, 0.1) is 0 Å². The highest BCUT2D eigenvalue weighted by molar-refractivity contribution is 6.22. The van der Waals surface area contributed by atoms with E-state index in [4.69, 9.17) is 30.1 Å². The number of para-hydroxylation sites is 2. The van der Waals surface area contributed by atoms with Gasteiger partial charge in [-0.2, -0.15) is 9.97 Å². The third-order valence-corrected chi connectivity index (χ3v) is 16.7. The van der Waals surface area contributed by atoms with E-state index >= 15 is 0 Å². The summed E-state index contributed by atoms with van der Waals surface area (Å²) in [5.74, 6) is 1.27. The third-order valence-electron chi connectivity index (χ3n) is 16.7. The third kappa shape index (κ3) is 10.9. The van der Waals surface area contributed by atoms with Crippen molar-refractivity contribution in [1.29, 1.82) is 0 Å². The van der Waals surface area contributed by atoms with Crippen molar-refractivity contribution >= 4 is 92.5 Å². The summed E-state index contributed by atoms with van der Waals surface area (Å²) in [5.41, 5.74) is 22.7. The molecule has 452 valence electrons. The topological polar surface area (TPSA) is 195 Å². The zero-order valence-corrected chi connectivity index (χ0v) is 51.1. The van der Waals surface area contributed by atoms with Crippen molar-refractivity contribution in [2.45, 2.75) is 0 Å². The summed E-state index contributed by atoms with van der Waals surface area (Å²) >= 11 is 0. The van der Waals surface area contributed by atoms with Gasteiger partial charge >= 0.3 is 0 Å². The zero-order chi connectivity index (χ0) is 63.7. The van der Waals surface area contributed by atoms with E-state index in [1.165, 1.54) is 0 Å². The smallest absolute Gasteiger partial charge is 0.259 e. The summed E-state index contributed by atoms with van der Waals surface area (Å²) in [4.78, 5) is 45.5. The molecule has 8 aromatic carbocycles. The molecule has 14 aromatic rings. The number of benzene rings is 8. The summed E-state index contributed by atoms with van der Waals surface area (Å²) in [6.45, 7) is 0. The largest absolute Gasteiger partial charge is 0.355 e. The van der Waals surface area contributed by atoms with Crippen LogP contribution in [0.15, 0.2) is 289 Å². The highest BCUT2D eigenvalue weighted by Crippen LogP contribution is 2.51. The summed E-state index contributed by atoms with van der Waals surface area (Å²) in [7, 11) is 0. The molecule has 0 aliphatic carbocycles. The molecule has 4 aliphatic heterocycles. The van der Waals surface area contributed by atoms with Crippen LogP contribution in [-0.4, -0.2) is 81.3 Å². The number of aliphatic imine (C=N–C) groups is 2. The second kappa shape index (κ2) is 24.6. The summed E-state index contributed by atoms with van der Waals surface area (Å²) in [6.07, 6.45) is 7.70. The van der Waals surface area contributed by atoms with Crippen molar-refractivity contribution in [1.82, 2.24) is 69.4 Å². The van der Waals surface area contributed by atoms with Gasteiger partial charge in [0.1, 0.15) is 11.4 Å². The molecular formula is C80H52N16. The van der Waals surface area contributed by atoms with Crippen molar-refractivity contribution in [2.75, 3.05) is 0 Å². The monoisotopic (exact) mass is 1240 g/mol. The Kier molecular flexibility index (Phi) is 14.4. The van der Waals surface area contributed by atoms with E-state index in [1.807, 2.05) is 95.6 Å². The van der Waals surface area contributed by atoms with Gasteiger partial charge in [-0.1, -0.05) is 218 Å². The molecule has 6 aromatic heterocycles. The number of hydrogen-bond donors (Lipinski definition) is 2. The molecule has 96 heavy (non-hydrogen) atoms. The first kappa shape index (κ1) is 56.4. The number of H-pyrrole nitrogens is 2. The Bertz CT molecular complexity index is 5390. The molecule has 0 saturated carbocycles. The highest BCUT2D eigenvalue weighted by Gasteiger charge is 2.32. The Hall–Kier alpha value is -13.6. The number of nitrogens with zero attached hydrogens (tertiary/aromatic N) is 14. The minimum Gasteiger partial charge on any atom is -0.355 e. The minimum atomic E-state index is 0.250. The summed E-state index contributed by atoms with van der Waals surface area (Å²) < 4.78 is 4.39. The Morgan fingerprint density at radius 1 is 0.323 bits per heavy atom. The maximum Gasteiger partial charge on any atom is 0.259 e. The number of hydrogen-bond acceptors (Lipinski definition) is 12. The maximum absolute atomic E-state index is 5.74. The molecule has 16 bridgehead atoms. The van der Waals surface area contributed by atoms with Gasteiger partial charge in [0.05, 0.1) is 51.4 Å². The molecule has 10 heterocycles. The van der Waals surface area contributed by atoms with Crippen molar-refractivity contribution in [3.63, 3.8) is 0 Å². The molecule has 0 saturated heterocycles. The van der Waals surface area contributed by atoms with E-state index in [2.05, 4.69) is 245 Å². The molecule has 2 N–H and O–H groups in total. The molecule has 18 rings (SSSR count). The predicted octanol–water partition coefficient (Wildman–Crippen LogP) is 17.3. The fraction of sp³-hybridized carbons (Fsp3) is 0. The lowest BCUT2D eigenvalue weighted by atomic mass is 9.89. The van der Waals surface area contributed by atoms with Crippen LogP contribution >= 0.6 is 0 Å². The normalized spacial score (nSPS) is 12.2. The molecule has 0 spiro atoms. The van der Waals surface area contributed by atoms with Crippen molar-refractivity contribution in [3.8, 4) is 55.9 Å². The van der Waals surface area contributed by atoms with E-state index in [1.54, 1.807) is 12.3 Å². The lowest BCUT2D eigenvalue weighted by molar-refractivity contribution is 1.07. The second-order valence-electron chi connectivity index (χ2n) is 22.9. The van der Waals surface area contributed by atoms with Crippen LogP contribution in [0.4, 0.5) is 11.9 Å². The van der Waals surface area contributed by atoms with E-state index < -0.39 is 0 Å². The maximum atomic E-state index is 5.74. The first-order valence-corrected chi connectivity index (χ1v) is 31.3. The molecule has 0 unspecified atom stereocenters. The van der Waals surface area contributed by atoms with Crippen LogP contribution in [0.25, 0.3) is 125 Å². The lowest BCUT2D eigenvalue weighted by Gasteiger charge is -2.17. The van der Waals surface area contributed by atoms with Gasteiger partial charge in [0.2, 0.25) is 0 Å². The average molecular weight is 1240 g/mol. The van der Waals surface area contributed by atoms with E-state index in [0.717, 1.165) is 112 Å². The molecule has 4 aliphatic rings. The molecular weight excluding hydrogens is 1180 g/mol. The number of nitrogens with one attached hydrogen (secondary N) is 2. The number of fused-ring (bicyclic) bond motifs is 16. The van der Waals surface area contributed by atoms with E-state index in [0.29, 0.717) is 51.6 Å². The van der Waals surface area contributed by atoms with Gasteiger partial charge in [-0.15, -0.1) is 20.4 Å². The van der Waals surface area contributed by atoms with Gasteiger partial charge in [0.15, 0.2) is 11.3 Å². The molecule has 16 heteroatoms. The Labute approximate surface area is 549 Å². The Morgan fingerprint density at radius 3 is 1.41 bits per heavy atom. The van der Waals surface area contributed by atoms with Crippen molar-refractivity contribution in [2.24, 2.45) is 9.98 Å². The fourth-order valence-corrected chi connectivity index (χ4v) is 12.5. The van der Waals surface area contributed by atoms with Crippen molar-refractivity contribution in [3.05, 3.63) is 324 Å². The van der Waals surface area contributed by atoms with Gasteiger partial charge in [0.25, 0.3) is 23.5 Å². The standard InChI is InChI=1S/C64H42N8.C16H10N8/c1-9-25-43(26-10-1)52-41-49-42-53-69-70-64(71(53)50-37-21-7-22-38-50)68-63-66-58(48-35-19-6-20-36-48)60(67-63)57(47-33-17-5-18-34-47)62-55(45-29-13-3-14-30-45)54(44-27-11-2-12-28-44)61(72(62)51-39-23-8-24-40-51)56(59(52)65-49)46-31-15-4-16-32-46;1-2-11-6-13-8-17-15(20-13)22-16-21-14(23-24-16)7-12-4-3-10(19-12)5-9(1)18-11/h1-42H;1-8,18H,(H,17,20,21,22,23,24). The van der Waals surface area contributed by atoms with E-state index in [-0.39, 0.29) is 5.95 Å². The van der Waals surface area contributed by atoms with Crippen LogP contribution in [0.2, 0.25) is 0 Å². The molecule has 0 amide bonds. The lowest BCUT2D eigenvalue weighted by Crippen LogP contribution is -2.05. The predicted molar refractivity (Wildman–Crippen MR) is 382 cm³/mol.